The Hall–Kier alpha value is -6.28. The predicted octanol–water partition coefficient (Wildman–Crippen LogP) is 5.72. The number of benzene rings is 2. The van der Waals surface area contributed by atoms with Gasteiger partial charge in [0.25, 0.3) is 0 Å². The molecule has 0 bridgehead atoms. The van der Waals surface area contributed by atoms with E-state index in [-0.39, 0.29) is 98.1 Å². The number of hydrogen-bond donors (Lipinski definition) is 8. The van der Waals surface area contributed by atoms with Crippen LogP contribution in [0, 0.1) is 5.82 Å². The third-order valence-electron chi connectivity index (χ3n) is 11.1. The Bertz CT molecular complexity index is 2290. The Morgan fingerprint density at radius 2 is 1.35 bits per heavy atom. The van der Waals surface area contributed by atoms with Crippen LogP contribution in [-0.4, -0.2) is 142 Å². The molecule has 0 radical (unpaired) electrons. The molecule has 2 saturated heterocycles. The summed E-state index contributed by atoms with van der Waals surface area (Å²) in [5, 5.41) is 22.6. The standard InChI is InChI=1S/C49H66F4N10O10S/c1-2-41(64)58-33-9-5-10-34(29-33)59-46-36(49(51,52)53)31-57-47(63-46)60-35-15-16-39(37(50)30-35)73-28-27-71-22-19-56-44(67)14-6-13-43(66)55-18-8-21-70-24-26-72-25-23-69-20-7-17-54-42(65)12-4-3-11-40-45-38(32-74-40)61-48(68)62-45/h2,5,9-10,15-16,29-31,38,40,45H,1,3-4,6-8,11-14,17-28,32H2,(H,54,65)(H,55,66)(H,56,67)(H,58,64)(H2,61,62,68)(H2,57,59,60,63)/t38-,40?,45-/m0/s1. The van der Waals surface area contributed by atoms with E-state index in [4.69, 9.17) is 23.7 Å². The number of fused-ring (bicyclic) bond motifs is 1. The quantitative estimate of drug-likeness (QED) is 0.0150. The normalized spacial score (nSPS) is 15.8. The summed E-state index contributed by atoms with van der Waals surface area (Å²) in [6.45, 7) is 7.49. The molecule has 5 rings (SSSR count). The Morgan fingerprint density at radius 1 is 0.730 bits per heavy atom. The first kappa shape index (κ1) is 58.6. The first-order valence-corrected chi connectivity index (χ1v) is 25.6. The van der Waals surface area contributed by atoms with Crippen molar-refractivity contribution in [3.8, 4) is 5.75 Å². The van der Waals surface area contributed by atoms with Crippen LogP contribution in [0.15, 0.2) is 61.3 Å². The predicted molar refractivity (Wildman–Crippen MR) is 270 cm³/mol. The molecule has 3 atom stereocenters. The summed E-state index contributed by atoms with van der Waals surface area (Å²) in [5.74, 6) is -1.63. The molecule has 0 saturated carbocycles. The maximum Gasteiger partial charge on any atom is 0.421 e. The number of amides is 6. The highest BCUT2D eigenvalue weighted by Gasteiger charge is 2.42. The number of urea groups is 1. The summed E-state index contributed by atoms with van der Waals surface area (Å²) in [6.07, 6.45) is 2.16. The van der Waals surface area contributed by atoms with Gasteiger partial charge in [-0.05, 0) is 68.5 Å². The number of thioether (sulfide) groups is 1. The van der Waals surface area contributed by atoms with Crippen LogP contribution in [0.25, 0.3) is 0 Å². The zero-order valence-electron chi connectivity index (χ0n) is 41.1. The molecule has 0 aliphatic carbocycles. The second-order valence-electron chi connectivity index (χ2n) is 16.9. The lowest BCUT2D eigenvalue weighted by atomic mass is 10.0. The number of alkyl halides is 3. The molecular weight excluding hydrogens is 997 g/mol. The van der Waals surface area contributed by atoms with Crippen LogP contribution in [0.1, 0.15) is 63.4 Å². The van der Waals surface area contributed by atoms with E-state index in [0.29, 0.717) is 95.5 Å². The number of rotatable bonds is 36. The zero-order valence-corrected chi connectivity index (χ0v) is 41.9. The Balaban J connectivity index is 0.790. The molecule has 2 aliphatic heterocycles. The van der Waals surface area contributed by atoms with Gasteiger partial charge in [-0.15, -0.1) is 0 Å². The maximum absolute atomic E-state index is 14.9. The molecule has 6 amide bonds. The fourth-order valence-electron chi connectivity index (χ4n) is 7.44. The lowest BCUT2D eigenvalue weighted by Crippen LogP contribution is -2.36. The number of nitrogens with one attached hydrogen (secondary N) is 8. The van der Waals surface area contributed by atoms with Crippen LogP contribution in [0.4, 0.5) is 51.2 Å². The molecule has 20 nitrogen and oxygen atoms in total. The van der Waals surface area contributed by atoms with Gasteiger partial charge in [0.15, 0.2) is 11.6 Å². The number of carbonyl (C=O) groups is 5. The number of anilines is 5. The van der Waals surface area contributed by atoms with Gasteiger partial charge in [0.05, 0.1) is 51.7 Å². The molecule has 2 aromatic carbocycles. The Labute approximate surface area is 431 Å². The van der Waals surface area contributed by atoms with Gasteiger partial charge in [-0.2, -0.15) is 29.9 Å². The number of hydrogen-bond acceptors (Lipinski definition) is 15. The van der Waals surface area contributed by atoms with E-state index in [9.17, 15) is 41.5 Å². The fraction of sp³-hybridized carbons (Fsp3) is 0.531. The molecule has 25 heteroatoms. The number of carbonyl (C=O) groups excluding carboxylic acids is 5. The molecule has 2 aliphatic rings. The molecule has 74 heavy (non-hydrogen) atoms. The van der Waals surface area contributed by atoms with E-state index >= 15 is 0 Å². The average Bonchev–Trinajstić information content (AvgIpc) is 3.92. The third kappa shape index (κ3) is 22.1. The van der Waals surface area contributed by atoms with Crippen molar-refractivity contribution in [2.24, 2.45) is 0 Å². The van der Waals surface area contributed by atoms with Crippen LogP contribution in [0.2, 0.25) is 0 Å². The maximum atomic E-state index is 14.9. The lowest BCUT2D eigenvalue weighted by molar-refractivity contribution is -0.137. The van der Waals surface area contributed by atoms with E-state index in [1.807, 2.05) is 11.8 Å². The van der Waals surface area contributed by atoms with E-state index in [1.54, 1.807) is 6.07 Å². The average molecular weight is 1060 g/mol. The first-order chi connectivity index (χ1) is 35.8. The summed E-state index contributed by atoms with van der Waals surface area (Å²) in [6, 6.07) is 10.1. The minimum absolute atomic E-state index is 0.0160. The number of aromatic nitrogens is 2. The van der Waals surface area contributed by atoms with Crippen molar-refractivity contribution in [3.63, 3.8) is 0 Å². The monoisotopic (exact) mass is 1060 g/mol. The molecule has 2 fully saturated rings. The van der Waals surface area contributed by atoms with Gasteiger partial charge in [-0.25, -0.2) is 14.2 Å². The first-order valence-electron chi connectivity index (χ1n) is 24.5. The van der Waals surface area contributed by atoms with Gasteiger partial charge in [0.2, 0.25) is 29.6 Å². The zero-order chi connectivity index (χ0) is 53.0. The van der Waals surface area contributed by atoms with Crippen molar-refractivity contribution in [1.29, 1.82) is 0 Å². The van der Waals surface area contributed by atoms with Crippen molar-refractivity contribution >= 4 is 70.3 Å². The number of unbranched alkanes of at least 4 members (excludes halogenated alkanes) is 1. The number of halogens is 4. The number of ether oxygens (including phenoxy) is 5. The van der Waals surface area contributed by atoms with Crippen LogP contribution < -0.4 is 47.3 Å². The highest BCUT2D eigenvalue weighted by Crippen LogP contribution is 2.36. The van der Waals surface area contributed by atoms with Gasteiger partial charge in [0.1, 0.15) is 18.0 Å². The van der Waals surface area contributed by atoms with Gasteiger partial charge in [-0.3, -0.25) is 19.2 Å². The van der Waals surface area contributed by atoms with Gasteiger partial charge >= 0.3 is 12.2 Å². The highest BCUT2D eigenvalue weighted by atomic mass is 32.2. The number of nitrogens with zero attached hydrogens (tertiary/aromatic N) is 2. The van der Waals surface area contributed by atoms with Gasteiger partial charge in [-0.1, -0.05) is 19.1 Å². The molecule has 1 unspecified atom stereocenters. The Morgan fingerprint density at radius 3 is 2.03 bits per heavy atom. The SMILES string of the molecule is C=CC(=O)Nc1cccc(Nc2nc(Nc3ccc(OCCOCCNC(=O)CCCC(=O)NCCCOCCOCCOCCCNC(=O)CCCCC4SC[C@@H]5NC(=O)N[C@H]45)c(F)c3)ncc2C(F)(F)F)c1. The molecular formula is C49H66F4N10O10S. The Kier molecular flexibility index (Phi) is 25.4. The van der Waals surface area contributed by atoms with Gasteiger partial charge < -0.3 is 66.2 Å². The van der Waals surface area contributed by atoms with Gasteiger partial charge in [0, 0.05) is 92.4 Å². The molecule has 3 aromatic rings. The largest absolute Gasteiger partial charge is 0.488 e. The topological polar surface area (TPSA) is 254 Å². The van der Waals surface area contributed by atoms with E-state index < -0.39 is 29.3 Å². The van der Waals surface area contributed by atoms with Crippen LogP contribution >= 0.6 is 11.8 Å². The van der Waals surface area contributed by atoms with Crippen molar-refractivity contribution < 1.29 is 65.2 Å². The smallest absolute Gasteiger partial charge is 0.421 e. The third-order valence-corrected chi connectivity index (χ3v) is 12.6. The molecule has 1 aromatic heterocycles. The molecule has 0 spiro atoms. The summed E-state index contributed by atoms with van der Waals surface area (Å²) >= 11 is 1.88. The van der Waals surface area contributed by atoms with Crippen LogP contribution in [0.3, 0.4) is 0 Å². The lowest BCUT2D eigenvalue weighted by Gasteiger charge is -2.16. The fourth-order valence-corrected chi connectivity index (χ4v) is 8.99. The summed E-state index contributed by atoms with van der Waals surface area (Å²) in [5.41, 5.74) is -0.524. The van der Waals surface area contributed by atoms with E-state index in [1.165, 1.54) is 30.3 Å². The van der Waals surface area contributed by atoms with E-state index in [0.717, 1.165) is 37.2 Å². The summed E-state index contributed by atoms with van der Waals surface area (Å²) in [4.78, 5) is 67.3. The van der Waals surface area contributed by atoms with Crippen LogP contribution in [0.5, 0.6) is 5.75 Å². The van der Waals surface area contributed by atoms with E-state index in [2.05, 4.69) is 59.1 Å². The second-order valence-corrected chi connectivity index (χ2v) is 18.2. The molecule has 8 N–H and O–H groups in total. The second kappa shape index (κ2) is 32.1. The van der Waals surface area contributed by atoms with Crippen molar-refractivity contribution in [2.45, 2.75) is 81.3 Å². The summed E-state index contributed by atoms with van der Waals surface area (Å²) < 4.78 is 83.8. The minimum Gasteiger partial charge on any atom is -0.488 e. The van der Waals surface area contributed by atoms with Crippen molar-refractivity contribution in [3.05, 3.63) is 72.7 Å². The van der Waals surface area contributed by atoms with Crippen molar-refractivity contribution in [2.75, 3.05) is 101 Å². The molecule has 3 heterocycles. The van der Waals surface area contributed by atoms with Crippen LogP contribution in [-0.2, 0) is 44.3 Å². The summed E-state index contributed by atoms with van der Waals surface area (Å²) in [7, 11) is 0. The minimum atomic E-state index is -4.80. The van der Waals surface area contributed by atoms with Crippen molar-refractivity contribution in [1.82, 2.24) is 36.6 Å². The highest BCUT2D eigenvalue weighted by molar-refractivity contribution is 8.00. The molecule has 406 valence electrons.